The summed E-state index contributed by atoms with van der Waals surface area (Å²) in [4.78, 5) is 110. The van der Waals surface area contributed by atoms with Gasteiger partial charge in [-0.2, -0.15) is 15.3 Å². The predicted octanol–water partition coefficient (Wildman–Crippen LogP) is 8.95. The Morgan fingerprint density at radius 2 is 0.833 bits per heavy atom. The number of nitrogens with one attached hydrogen (secondary N) is 5. The van der Waals surface area contributed by atoms with E-state index in [0.717, 1.165) is 16.8 Å². The van der Waals surface area contributed by atoms with Crippen LogP contribution in [0.4, 0.5) is 17.1 Å². The zero-order valence-corrected chi connectivity index (χ0v) is 55.4. The molecule has 0 radical (unpaired) electrons. The van der Waals surface area contributed by atoms with Gasteiger partial charge in [0.2, 0.25) is 27.3 Å². The van der Waals surface area contributed by atoms with E-state index in [1.165, 1.54) is 58.1 Å². The van der Waals surface area contributed by atoms with Gasteiger partial charge in [0, 0.05) is 54.9 Å². The number of halogens is 7. The maximum Gasteiger partial charge on any atom is 0.439 e. The molecule has 0 saturated carbocycles. The fourth-order valence-corrected chi connectivity index (χ4v) is 13.0. The number of nitrogens with two attached hydrogens (primary N) is 1. The second kappa shape index (κ2) is 30.3. The minimum Gasteiger partial charge on any atom is -0.399 e. The summed E-state index contributed by atoms with van der Waals surface area (Å²) in [5.74, 6) is -5.15. The molecule has 7 N–H and O–H groups in total. The van der Waals surface area contributed by atoms with Gasteiger partial charge in [-0.1, -0.05) is 140 Å². The first-order valence-electron chi connectivity index (χ1n) is 25.1. The highest BCUT2D eigenvalue weighted by Crippen LogP contribution is 2.42. The van der Waals surface area contributed by atoms with Gasteiger partial charge in [0.25, 0.3) is 33.7 Å². The molecule has 2 amide bonds. The van der Waals surface area contributed by atoms with E-state index in [0.29, 0.717) is 52.4 Å². The zero-order chi connectivity index (χ0) is 67.0. The lowest BCUT2D eigenvalue weighted by atomic mass is 10.1. The Kier molecular flexibility index (Phi) is 24.0. The largest absolute Gasteiger partial charge is 0.439 e. The molecule has 0 unspecified atom stereocenters. The highest BCUT2D eigenvalue weighted by molar-refractivity contribution is 7.99. The van der Waals surface area contributed by atoms with E-state index in [-0.39, 0.29) is 71.9 Å². The van der Waals surface area contributed by atoms with Gasteiger partial charge in [-0.15, -0.1) is 0 Å². The number of hydrogen-bond donors (Lipinski definition) is 6. The van der Waals surface area contributed by atoms with E-state index < -0.39 is 65.5 Å². The summed E-state index contributed by atoms with van der Waals surface area (Å²) in [5.41, 5.74) is 7.45. The Morgan fingerprint density at radius 1 is 0.511 bits per heavy atom. The van der Waals surface area contributed by atoms with Gasteiger partial charge in [0.05, 0.1) is 39.9 Å². The highest BCUT2D eigenvalue weighted by Gasteiger charge is 2.29. The molecule has 0 fully saturated rings. The number of sulfone groups is 1. The molecule has 90 heavy (non-hydrogen) atoms. The molecule has 9 aromatic rings. The molecular weight excluding hydrogens is 1390 g/mol. The Hall–Kier alpha value is -7.79. The summed E-state index contributed by atoms with van der Waals surface area (Å²) >= 11 is 44.8. The Morgan fingerprint density at radius 3 is 1.16 bits per heavy atom. The number of carbonyl (C=O) groups excluding carboxylic acids is 3. The van der Waals surface area contributed by atoms with Crippen molar-refractivity contribution in [3.63, 3.8) is 0 Å². The van der Waals surface area contributed by atoms with Crippen LogP contribution >= 0.6 is 105 Å². The molecule has 0 bridgehead atoms. The van der Waals surface area contributed by atoms with E-state index in [4.69, 9.17) is 86.9 Å². The topological polar surface area (TPSA) is 417 Å². The summed E-state index contributed by atoms with van der Waals surface area (Å²) < 4.78 is 42.4. The van der Waals surface area contributed by atoms with Crippen molar-refractivity contribution in [1.29, 1.82) is 0 Å². The molecule has 39 heteroatoms. The van der Waals surface area contributed by atoms with Crippen LogP contribution in [0.1, 0.15) is 108 Å². The minimum atomic E-state index is -4.31. The van der Waals surface area contributed by atoms with Crippen LogP contribution in [0, 0.1) is 0 Å². The Labute approximate surface area is 549 Å². The Balaban J connectivity index is 0.000000203. The smallest absolute Gasteiger partial charge is 0.399 e. The molecule has 3 aromatic carbocycles. The fourth-order valence-electron chi connectivity index (χ4n) is 7.24. The van der Waals surface area contributed by atoms with Crippen molar-refractivity contribution in [3.8, 4) is 0 Å². The molecule has 0 aliphatic rings. The number of aryl methyl sites for hydroxylation is 3. The van der Waals surface area contributed by atoms with Crippen molar-refractivity contribution >= 4 is 149 Å². The standard InChI is InChI=1S/C17H15Cl2N5O6S.C17H15Cl2N5O4S.C14H15Cl2N3OS.C3HClN2O3/c1-7(2)9-6-12(22-24(3)16(9)26)31(28,29)13-10(18)4-8(5-11(13)19)20-15(25)14-21-17(27)30-23-14;1-7(2)9-6-12(22-24(3)16(9)26)29-13-10(18)4-8(5-11(13)19)20-15(25)14-21-17(27)28-23-14;1-7(2)9-6-12(18-19(3)14(9)20)21-13-10(15)4-8(17)5-11(13)16;4-1(7)2-5-3(8)9-6-2/h4-7H,1-3H3,(H,20,25)(H,21,23,27);4-7H,1-3H3,(H,20,25)(H,21,23,27);4-7H,17H2,1-3H3;(H,5,6,8). The van der Waals surface area contributed by atoms with Gasteiger partial charge in [0.1, 0.15) is 14.9 Å². The molecule has 6 aromatic heterocycles. The highest BCUT2D eigenvalue weighted by atomic mass is 35.5. The predicted molar refractivity (Wildman–Crippen MR) is 336 cm³/mol. The molecule has 0 spiro atoms. The van der Waals surface area contributed by atoms with Crippen LogP contribution in [0.5, 0.6) is 0 Å². The lowest BCUT2D eigenvalue weighted by Gasteiger charge is -2.13. The van der Waals surface area contributed by atoms with Crippen molar-refractivity contribution in [2.45, 2.75) is 89.1 Å². The summed E-state index contributed by atoms with van der Waals surface area (Å²) in [6.45, 7) is 11.3. The van der Waals surface area contributed by atoms with Gasteiger partial charge < -0.3 is 16.4 Å². The number of aromatic amines is 3. The fraction of sp³-hybridized carbons (Fsp3) is 0.235. The van der Waals surface area contributed by atoms with E-state index >= 15 is 0 Å². The average molecular weight is 1440 g/mol. The summed E-state index contributed by atoms with van der Waals surface area (Å²) in [6, 6.07) is 13.3. The van der Waals surface area contributed by atoms with E-state index in [1.807, 2.05) is 32.7 Å². The molecule has 0 aliphatic heterocycles. The Bertz CT molecular complexity index is 4660. The molecule has 0 atom stereocenters. The average Bonchev–Trinajstić information content (AvgIpc) is 0.909. The number of aromatic nitrogens is 12. The number of carbonyl (C=O) groups is 3. The number of amides is 2. The normalized spacial score (nSPS) is 11.1. The van der Waals surface area contributed by atoms with Crippen LogP contribution in [0.3, 0.4) is 0 Å². The number of rotatable bonds is 14. The van der Waals surface area contributed by atoms with Crippen LogP contribution in [0.25, 0.3) is 0 Å². The van der Waals surface area contributed by atoms with Gasteiger partial charge in [-0.3, -0.25) is 57.3 Å². The van der Waals surface area contributed by atoms with E-state index in [1.54, 1.807) is 52.2 Å². The lowest BCUT2D eigenvalue weighted by molar-refractivity contribution is 0.100. The second-order valence-electron chi connectivity index (χ2n) is 19.1. The summed E-state index contributed by atoms with van der Waals surface area (Å²) in [6.07, 6.45) is 0. The minimum absolute atomic E-state index is 0.0301. The number of nitrogens with zero attached hydrogens (tertiary/aromatic N) is 9. The first kappa shape index (κ1) is 71.3. The van der Waals surface area contributed by atoms with Crippen LogP contribution in [0.2, 0.25) is 30.1 Å². The quantitative estimate of drug-likeness (QED) is 0.0437. The van der Waals surface area contributed by atoms with E-state index in [2.05, 4.69) is 64.9 Å². The molecule has 9 rings (SSSR count). The van der Waals surface area contributed by atoms with Crippen molar-refractivity contribution in [3.05, 3.63) is 182 Å². The molecule has 0 aliphatic carbocycles. The number of benzene rings is 3. The number of H-pyrrole nitrogens is 3. The number of anilines is 3. The van der Waals surface area contributed by atoms with Crippen molar-refractivity contribution in [2.24, 2.45) is 21.1 Å². The van der Waals surface area contributed by atoms with Gasteiger partial charge in [-0.05, 0) is 94.3 Å². The summed E-state index contributed by atoms with van der Waals surface area (Å²) in [7, 11) is 0.232. The maximum absolute atomic E-state index is 13.2. The van der Waals surface area contributed by atoms with Gasteiger partial charge >= 0.3 is 17.3 Å². The van der Waals surface area contributed by atoms with Crippen LogP contribution in [-0.2, 0) is 31.0 Å². The monoisotopic (exact) mass is 1430 g/mol. The van der Waals surface area contributed by atoms with Crippen LogP contribution < -0.4 is 50.3 Å². The number of nitrogen functional groups attached to an aromatic ring is 1. The third-order valence-electron chi connectivity index (χ3n) is 11.5. The molecular formula is C51H46Cl7N15O14S3. The first-order valence-corrected chi connectivity index (χ1v) is 30.9. The third kappa shape index (κ3) is 18.0. The third-order valence-corrected chi connectivity index (χ3v) is 18.0. The zero-order valence-electron chi connectivity index (χ0n) is 47.6. The van der Waals surface area contributed by atoms with Crippen LogP contribution in [0.15, 0.2) is 127 Å². The SMILES string of the molecule is CC(C)c1cc(S(=O)(=O)c2c(Cl)cc(NC(=O)c3noc(=O)[nH]3)cc2Cl)nn(C)c1=O.CC(C)c1cc(Sc2c(Cl)cc(N)cc2Cl)nn(C)c1=O.CC(C)c1cc(Sc2c(Cl)cc(NC(=O)c3noc(=O)[nH]3)cc2Cl)nn(C)c1=O.O=C(Cl)c1noc(=O)[nH]1. The summed E-state index contributed by atoms with van der Waals surface area (Å²) in [5, 5.41) is 27.6. The van der Waals surface area contributed by atoms with Gasteiger partial charge in [0.15, 0.2) is 5.03 Å². The molecule has 0 saturated heterocycles. The molecule has 6 heterocycles. The lowest BCUT2D eigenvalue weighted by Crippen LogP contribution is -2.26. The van der Waals surface area contributed by atoms with Crippen LogP contribution in [-0.4, -0.2) is 85.2 Å². The van der Waals surface area contributed by atoms with Gasteiger partial charge in [-0.25, -0.2) is 36.8 Å². The molecule has 29 nitrogen and oxygen atoms in total. The van der Waals surface area contributed by atoms with Crippen molar-refractivity contribution in [2.75, 3.05) is 16.4 Å². The molecule has 476 valence electrons. The first-order chi connectivity index (χ1) is 42.1. The van der Waals surface area contributed by atoms with Crippen molar-refractivity contribution in [1.82, 2.24) is 59.8 Å². The number of hydrogen-bond acceptors (Lipinski definition) is 23. The van der Waals surface area contributed by atoms with E-state index in [9.17, 15) is 51.6 Å². The van der Waals surface area contributed by atoms with Crippen molar-refractivity contribution < 1.29 is 36.4 Å². The maximum atomic E-state index is 13.2. The second-order valence-corrected chi connectivity index (χ2v) is 25.8.